The van der Waals surface area contributed by atoms with Crippen LogP contribution in [-0.2, 0) is 13.1 Å². The Morgan fingerprint density at radius 3 is 2.84 bits per heavy atom. The molecule has 1 aromatic carbocycles. The Morgan fingerprint density at radius 2 is 2.11 bits per heavy atom. The van der Waals surface area contributed by atoms with E-state index >= 15 is 0 Å². The van der Waals surface area contributed by atoms with Gasteiger partial charge in [0.05, 0.1) is 20.2 Å². The van der Waals surface area contributed by atoms with Crippen molar-refractivity contribution in [1.29, 1.82) is 0 Å². The lowest BCUT2D eigenvalue weighted by molar-refractivity contribution is 0.406. The first kappa shape index (κ1) is 13.5. The average Bonchev–Trinajstić information content (AvgIpc) is 2.84. The van der Waals surface area contributed by atoms with E-state index in [1.807, 2.05) is 24.3 Å². The number of methoxy groups -OCH3 is 1. The van der Waals surface area contributed by atoms with E-state index in [-0.39, 0.29) is 0 Å². The van der Waals surface area contributed by atoms with Crippen molar-refractivity contribution in [2.45, 2.75) is 33.0 Å². The standard InChI is InChI=1S/C13H19N5O/c1-10(2)14-8-13-15-16-17-18(13)9-11-6-4-5-7-12(11)19-3/h4-7,10,14H,8-9H2,1-3H3. The lowest BCUT2D eigenvalue weighted by Gasteiger charge is -2.10. The Hall–Kier alpha value is -1.95. The summed E-state index contributed by atoms with van der Waals surface area (Å²) in [6, 6.07) is 8.28. The van der Waals surface area contributed by atoms with Crippen LogP contribution >= 0.6 is 0 Å². The normalized spacial score (nSPS) is 10.9. The van der Waals surface area contributed by atoms with Crippen LogP contribution in [0.25, 0.3) is 0 Å². The highest BCUT2D eigenvalue weighted by Gasteiger charge is 2.09. The number of nitrogens with one attached hydrogen (secondary N) is 1. The minimum atomic E-state index is 0.399. The number of para-hydroxylation sites is 1. The first-order valence-electron chi connectivity index (χ1n) is 6.31. The number of hydrogen-bond donors (Lipinski definition) is 1. The quantitative estimate of drug-likeness (QED) is 0.847. The molecule has 0 amide bonds. The molecule has 0 unspecified atom stereocenters. The lowest BCUT2D eigenvalue weighted by atomic mass is 10.2. The predicted octanol–water partition coefficient (Wildman–Crippen LogP) is 1.23. The van der Waals surface area contributed by atoms with Gasteiger partial charge in [-0.1, -0.05) is 32.0 Å². The van der Waals surface area contributed by atoms with Crippen LogP contribution in [0.3, 0.4) is 0 Å². The Morgan fingerprint density at radius 1 is 1.32 bits per heavy atom. The summed E-state index contributed by atoms with van der Waals surface area (Å²) in [5, 5.41) is 15.1. The fourth-order valence-corrected chi connectivity index (χ4v) is 1.76. The summed E-state index contributed by atoms with van der Waals surface area (Å²) in [5.41, 5.74) is 1.06. The van der Waals surface area contributed by atoms with Gasteiger partial charge in [0.1, 0.15) is 5.75 Å². The van der Waals surface area contributed by atoms with Gasteiger partial charge >= 0.3 is 0 Å². The number of aromatic nitrogens is 4. The third-order valence-electron chi connectivity index (χ3n) is 2.79. The van der Waals surface area contributed by atoms with E-state index < -0.39 is 0 Å². The lowest BCUT2D eigenvalue weighted by Crippen LogP contribution is -2.24. The zero-order valence-electron chi connectivity index (χ0n) is 11.5. The summed E-state index contributed by atoms with van der Waals surface area (Å²) >= 11 is 0. The van der Waals surface area contributed by atoms with Gasteiger partial charge in [0.25, 0.3) is 0 Å². The van der Waals surface area contributed by atoms with Crippen molar-refractivity contribution in [2.75, 3.05) is 7.11 Å². The fraction of sp³-hybridized carbons (Fsp3) is 0.462. The first-order chi connectivity index (χ1) is 9.20. The number of benzene rings is 1. The van der Waals surface area contributed by atoms with E-state index in [4.69, 9.17) is 4.74 Å². The molecule has 102 valence electrons. The number of hydrogen-bond acceptors (Lipinski definition) is 5. The van der Waals surface area contributed by atoms with Gasteiger partial charge in [-0.3, -0.25) is 0 Å². The van der Waals surface area contributed by atoms with Crippen LogP contribution in [0.15, 0.2) is 24.3 Å². The van der Waals surface area contributed by atoms with E-state index in [9.17, 15) is 0 Å². The summed E-state index contributed by atoms with van der Waals surface area (Å²) in [4.78, 5) is 0. The molecule has 0 radical (unpaired) electrons. The van der Waals surface area contributed by atoms with Crippen LogP contribution < -0.4 is 10.1 Å². The first-order valence-corrected chi connectivity index (χ1v) is 6.31. The highest BCUT2D eigenvalue weighted by atomic mass is 16.5. The van der Waals surface area contributed by atoms with Crippen LogP contribution in [0.1, 0.15) is 25.2 Å². The highest BCUT2D eigenvalue weighted by Crippen LogP contribution is 2.18. The van der Waals surface area contributed by atoms with Gasteiger partial charge in [0.2, 0.25) is 0 Å². The van der Waals surface area contributed by atoms with Crippen LogP contribution in [0, 0.1) is 0 Å². The predicted molar refractivity (Wildman–Crippen MR) is 71.9 cm³/mol. The summed E-state index contributed by atoms with van der Waals surface area (Å²) in [5.74, 6) is 1.67. The third-order valence-corrected chi connectivity index (χ3v) is 2.79. The van der Waals surface area contributed by atoms with Gasteiger partial charge < -0.3 is 10.1 Å². The maximum Gasteiger partial charge on any atom is 0.165 e. The second-order valence-corrected chi connectivity index (χ2v) is 4.60. The topological polar surface area (TPSA) is 64.9 Å². The zero-order valence-corrected chi connectivity index (χ0v) is 11.5. The molecule has 19 heavy (non-hydrogen) atoms. The van der Waals surface area contributed by atoms with E-state index in [2.05, 4.69) is 34.7 Å². The molecular weight excluding hydrogens is 242 g/mol. The molecule has 0 saturated carbocycles. The van der Waals surface area contributed by atoms with Crippen molar-refractivity contribution in [3.63, 3.8) is 0 Å². The van der Waals surface area contributed by atoms with Crippen molar-refractivity contribution in [2.24, 2.45) is 0 Å². The summed E-state index contributed by atoms with van der Waals surface area (Å²) in [7, 11) is 1.67. The minimum absolute atomic E-state index is 0.399. The smallest absolute Gasteiger partial charge is 0.165 e. The van der Waals surface area contributed by atoms with Crippen molar-refractivity contribution >= 4 is 0 Å². The average molecular weight is 261 g/mol. The molecule has 0 fully saturated rings. The third kappa shape index (κ3) is 3.51. The second-order valence-electron chi connectivity index (χ2n) is 4.60. The highest BCUT2D eigenvalue weighted by molar-refractivity contribution is 5.33. The number of tetrazole rings is 1. The Balaban J connectivity index is 2.12. The molecule has 1 N–H and O–H groups in total. The summed E-state index contributed by atoms with van der Waals surface area (Å²) in [6.07, 6.45) is 0. The van der Waals surface area contributed by atoms with Gasteiger partial charge in [0, 0.05) is 11.6 Å². The van der Waals surface area contributed by atoms with Crippen molar-refractivity contribution in [3.05, 3.63) is 35.7 Å². The van der Waals surface area contributed by atoms with E-state index in [1.54, 1.807) is 11.8 Å². The Labute approximate surface area is 112 Å². The number of nitrogens with zero attached hydrogens (tertiary/aromatic N) is 4. The molecule has 0 bridgehead atoms. The van der Waals surface area contributed by atoms with Gasteiger partial charge in [0.15, 0.2) is 5.82 Å². The molecule has 0 aliphatic carbocycles. The molecule has 2 aromatic rings. The van der Waals surface area contributed by atoms with Gasteiger partial charge in [-0.05, 0) is 16.5 Å². The fourth-order valence-electron chi connectivity index (χ4n) is 1.76. The van der Waals surface area contributed by atoms with Crippen LogP contribution in [0.4, 0.5) is 0 Å². The van der Waals surface area contributed by atoms with Crippen molar-refractivity contribution < 1.29 is 4.74 Å². The summed E-state index contributed by atoms with van der Waals surface area (Å²) < 4.78 is 7.12. The second kappa shape index (κ2) is 6.29. The molecular formula is C13H19N5O. The Kier molecular flexibility index (Phi) is 4.46. The molecule has 0 aliphatic rings. The molecule has 2 rings (SSSR count). The van der Waals surface area contributed by atoms with Crippen molar-refractivity contribution in [3.8, 4) is 5.75 Å². The zero-order chi connectivity index (χ0) is 13.7. The molecule has 1 aromatic heterocycles. The number of rotatable bonds is 6. The molecule has 0 spiro atoms. The van der Waals surface area contributed by atoms with Gasteiger partial charge in [-0.25, -0.2) is 4.68 Å². The van der Waals surface area contributed by atoms with Crippen LogP contribution in [0.5, 0.6) is 5.75 Å². The molecule has 0 atom stereocenters. The molecule has 0 aliphatic heterocycles. The van der Waals surface area contributed by atoms with Gasteiger partial charge in [-0.2, -0.15) is 0 Å². The van der Waals surface area contributed by atoms with Crippen molar-refractivity contribution in [1.82, 2.24) is 25.5 Å². The number of ether oxygens (including phenoxy) is 1. The molecule has 0 saturated heterocycles. The van der Waals surface area contributed by atoms with E-state index in [0.29, 0.717) is 19.1 Å². The summed E-state index contributed by atoms with van der Waals surface area (Å²) in [6.45, 7) is 5.44. The molecule has 1 heterocycles. The van der Waals surface area contributed by atoms with Crippen LogP contribution in [0.2, 0.25) is 0 Å². The van der Waals surface area contributed by atoms with E-state index in [0.717, 1.165) is 17.1 Å². The van der Waals surface area contributed by atoms with E-state index in [1.165, 1.54) is 0 Å². The molecule has 6 nitrogen and oxygen atoms in total. The SMILES string of the molecule is COc1ccccc1Cn1nnnc1CNC(C)C. The van der Waals surface area contributed by atoms with Gasteiger partial charge in [-0.15, -0.1) is 5.10 Å². The minimum Gasteiger partial charge on any atom is -0.496 e. The maximum absolute atomic E-state index is 5.33. The Bertz CT molecular complexity index is 523. The molecule has 6 heteroatoms. The monoisotopic (exact) mass is 261 g/mol. The largest absolute Gasteiger partial charge is 0.496 e. The maximum atomic E-state index is 5.33. The van der Waals surface area contributed by atoms with Crippen LogP contribution in [-0.4, -0.2) is 33.4 Å².